The van der Waals surface area contributed by atoms with Gasteiger partial charge in [0.05, 0.1) is 13.2 Å². The Balaban J connectivity index is 1.70. The van der Waals surface area contributed by atoms with E-state index in [1.807, 2.05) is 0 Å². The fraction of sp³-hybridized carbons (Fsp3) is 1.00. The third kappa shape index (κ3) is 4.10. The Hall–Kier alpha value is -0.0400. The molecule has 1 heterocycles. The van der Waals surface area contributed by atoms with Gasteiger partial charge in [0.2, 0.25) is 0 Å². The van der Waals surface area contributed by atoms with Crippen LogP contribution in [0.5, 0.6) is 0 Å². The summed E-state index contributed by atoms with van der Waals surface area (Å²) in [4.78, 5) is 0. The van der Waals surface area contributed by atoms with Gasteiger partial charge in [0.15, 0.2) is 0 Å². The Morgan fingerprint density at radius 3 is 2.25 bits per heavy atom. The molecular formula is C11H22O. The highest BCUT2D eigenvalue weighted by atomic mass is 16.5. The van der Waals surface area contributed by atoms with E-state index in [9.17, 15) is 0 Å². The maximum Gasteiger partial charge on any atom is 0.0516 e. The molecule has 0 radical (unpaired) electrons. The quantitative estimate of drug-likeness (QED) is 0.532. The Morgan fingerprint density at radius 1 is 1.00 bits per heavy atom. The van der Waals surface area contributed by atoms with Crippen LogP contribution in [0.4, 0.5) is 0 Å². The van der Waals surface area contributed by atoms with Gasteiger partial charge < -0.3 is 4.74 Å². The van der Waals surface area contributed by atoms with Crippen LogP contribution in [0.3, 0.4) is 0 Å². The summed E-state index contributed by atoms with van der Waals surface area (Å²) < 4.78 is 5.13. The van der Waals surface area contributed by atoms with E-state index in [0.717, 1.165) is 19.1 Å². The smallest absolute Gasteiger partial charge is 0.0516 e. The second kappa shape index (κ2) is 6.47. The third-order valence-electron chi connectivity index (χ3n) is 2.67. The molecule has 1 heteroatoms. The topological polar surface area (TPSA) is 9.23 Å². The molecule has 1 saturated heterocycles. The van der Waals surface area contributed by atoms with Crippen LogP contribution in [0.15, 0.2) is 0 Å². The Morgan fingerprint density at radius 2 is 1.67 bits per heavy atom. The Labute approximate surface area is 76.5 Å². The molecule has 0 N–H and O–H groups in total. The van der Waals surface area contributed by atoms with Crippen molar-refractivity contribution >= 4 is 0 Å². The van der Waals surface area contributed by atoms with E-state index >= 15 is 0 Å². The summed E-state index contributed by atoms with van der Waals surface area (Å²) in [6.45, 7) is 4.34. The summed E-state index contributed by atoms with van der Waals surface area (Å²) in [6.07, 6.45) is 9.95. The van der Waals surface area contributed by atoms with Crippen molar-refractivity contribution in [2.45, 2.75) is 51.9 Å². The highest BCUT2D eigenvalue weighted by Gasteiger charge is 2.16. The molecule has 1 nitrogen and oxygen atoms in total. The molecular weight excluding hydrogens is 148 g/mol. The van der Waals surface area contributed by atoms with Gasteiger partial charge in [0.1, 0.15) is 0 Å². The van der Waals surface area contributed by atoms with Crippen LogP contribution in [0.2, 0.25) is 0 Å². The van der Waals surface area contributed by atoms with Crippen LogP contribution in [0, 0.1) is 5.92 Å². The van der Waals surface area contributed by atoms with E-state index in [0.29, 0.717) is 0 Å². The fourth-order valence-electron chi connectivity index (χ4n) is 1.66. The summed E-state index contributed by atoms with van der Waals surface area (Å²) in [7, 11) is 0. The Kier molecular flexibility index (Phi) is 5.42. The summed E-state index contributed by atoms with van der Waals surface area (Å²) in [5, 5.41) is 0. The molecule has 0 unspecified atom stereocenters. The standard InChI is InChI=1S/C11H22O/c1-2-3-4-5-6-7-8-11-9-12-10-11/h11H,2-10H2,1H3. The largest absolute Gasteiger partial charge is 0.381 e. The van der Waals surface area contributed by atoms with Crippen molar-refractivity contribution in [2.75, 3.05) is 13.2 Å². The average Bonchev–Trinajstić information content (AvgIpc) is 2.00. The predicted octanol–water partition coefficient (Wildman–Crippen LogP) is 3.38. The number of unbranched alkanes of at least 4 members (excludes halogenated alkanes) is 5. The molecule has 1 rings (SSSR count). The van der Waals surface area contributed by atoms with Crippen molar-refractivity contribution < 1.29 is 4.74 Å². The first-order chi connectivity index (χ1) is 5.93. The van der Waals surface area contributed by atoms with E-state index in [-0.39, 0.29) is 0 Å². The predicted molar refractivity (Wildman–Crippen MR) is 52.3 cm³/mol. The van der Waals surface area contributed by atoms with Crippen molar-refractivity contribution in [1.29, 1.82) is 0 Å². The maximum absolute atomic E-state index is 5.13. The molecule has 72 valence electrons. The summed E-state index contributed by atoms with van der Waals surface area (Å²) in [6, 6.07) is 0. The minimum Gasteiger partial charge on any atom is -0.381 e. The fourth-order valence-corrected chi connectivity index (χ4v) is 1.66. The van der Waals surface area contributed by atoms with E-state index < -0.39 is 0 Å². The molecule has 12 heavy (non-hydrogen) atoms. The van der Waals surface area contributed by atoms with Gasteiger partial charge in [-0.1, -0.05) is 45.4 Å². The lowest BCUT2D eigenvalue weighted by molar-refractivity contribution is -0.0364. The molecule has 0 aliphatic carbocycles. The number of hydrogen-bond acceptors (Lipinski definition) is 1. The molecule has 1 aliphatic heterocycles. The minimum atomic E-state index is 0.913. The van der Waals surface area contributed by atoms with Crippen LogP contribution in [-0.2, 0) is 4.74 Å². The normalized spacial score (nSPS) is 17.8. The van der Waals surface area contributed by atoms with Gasteiger partial charge in [0.25, 0.3) is 0 Å². The maximum atomic E-state index is 5.13. The molecule has 0 aromatic heterocycles. The zero-order valence-corrected chi connectivity index (χ0v) is 8.35. The first kappa shape index (κ1) is 10.0. The first-order valence-electron chi connectivity index (χ1n) is 5.51. The molecule has 0 amide bonds. The minimum absolute atomic E-state index is 0.913. The lowest BCUT2D eigenvalue weighted by Crippen LogP contribution is -2.27. The summed E-state index contributed by atoms with van der Waals surface area (Å²) in [5.41, 5.74) is 0. The summed E-state index contributed by atoms with van der Waals surface area (Å²) >= 11 is 0. The van der Waals surface area contributed by atoms with E-state index in [4.69, 9.17) is 4.74 Å². The van der Waals surface area contributed by atoms with Gasteiger partial charge in [0, 0.05) is 5.92 Å². The molecule has 0 bridgehead atoms. The first-order valence-corrected chi connectivity index (χ1v) is 5.51. The lowest BCUT2D eigenvalue weighted by atomic mass is 9.99. The third-order valence-corrected chi connectivity index (χ3v) is 2.67. The average molecular weight is 170 g/mol. The number of hydrogen-bond donors (Lipinski definition) is 0. The van der Waals surface area contributed by atoms with Gasteiger partial charge in [-0.15, -0.1) is 0 Å². The molecule has 0 aromatic carbocycles. The van der Waals surface area contributed by atoms with Gasteiger partial charge in [-0.2, -0.15) is 0 Å². The second-order valence-corrected chi connectivity index (χ2v) is 3.96. The number of ether oxygens (including phenoxy) is 1. The molecule has 1 fully saturated rings. The van der Waals surface area contributed by atoms with E-state index in [2.05, 4.69) is 6.92 Å². The highest BCUT2D eigenvalue weighted by Crippen LogP contribution is 2.18. The van der Waals surface area contributed by atoms with Crippen LogP contribution in [0.1, 0.15) is 51.9 Å². The lowest BCUT2D eigenvalue weighted by Gasteiger charge is -2.25. The van der Waals surface area contributed by atoms with Crippen molar-refractivity contribution in [2.24, 2.45) is 5.92 Å². The molecule has 0 atom stereocenters. The van der Waals surface area contributed by atoms with E-state index in [1.165, 1.54) is 44.9 Å². The van der Waals surface area contributed by atoms with Gasteiger partial charge in [-0.3, -0.25) is 0 Å². The summed E-state index contributed by atoms with van der Waals surface area (Å²) in [5.74, 6) is 0.913. The van der Waals surface area contributed by atoms with Gasteiger partial charge >= 0.3 is 0 Å². The van der Waals surface area contributed by atoms with Gasteiger partial charge in [-0.25, -0.2) is 0 Å². The highest BCUT2D eigenvalue weighted by molar-refractivity contribution is 4.64. The SMILES string of the molecule is CCCCCCCCC1COC1. The zero-order chi connectivity index (χ0) is 8.65. The van der Waals surface area contributed by atoms with Crippen molar-refractivity contribution in [1.82, 2.24) is 0 Å². The van der Waals surface area contributed by atoms with Crippen molar-refractivity contribution in [3.8, 4) is 0 Å². The van der Waals surface area contributed by atoms with Crippen LogP contribution in [0.25, 0.3) is 0 Å². The van der Waals surface area contributed by atoms with Crippen LogP contribution >= 0.6 is 0 Å². The number of rotatable bonds is 7. The monoisotopic (exact) mass is 170 g/mol. The van der Waals surface area contributed by atoms with Crippen molar-refractivity contribution in [3.05, 3.63) is 0 Å². The Bertz CT molecular complexity index is 97.2. The molecule has 0 spiro atoms. The molecule has 1 aliphatic rings. The molecule has 0 aromatic rings. The van der Waals surface area contributed by atoms with E-state index in [1.54, 1.807) is 0 Å². The van der Waals surface area contributed by atoms with Gasteiger partial charge in [-0.05, 0) is 6.42 Å². The van der Waals surface area contributed by atoms with Crippen molar-refractivity contribution in [3.63, 3.8) is 0 Å². The van der Waals surface area contributed by atoms with Crippen LogP contribution < -0.4 is 0 Å². The van der Waals surface area contributed by atoms with Crippen LogP contribution in [-0.4, -0.2) is 13.2 Å². The second-order valence-electron chi connectivity index (χ2n) is 3.96. The molecule has 0 saturated carbocycles. The zero-order valence-electron chi connectivity index (χ0n) is 8.35.